The summed E-state index contributed by atoms with van der Waals surface area (Å²) < 4.78 is 21.1. The van der Waals surface area contributed by atoms with E-state index in [4.69, 9.17) is 18.9 Å². The lowest BCUT2D eigenvalue weighted by atomic mass is 9.95. The highest BCUT2D eigenvalue weighted by molar-refractivity contribution is 6.50. The minimum Gasteiger partial charge on any atom is -0.454 e. The molecule has 0 aliphatic carbocycles. The number of fused-ring (bicyclic) bond motifs is 2. The van der Waals surface area contributed by atoms with Crippen molar-refractivity contribution >= 4 is 23.1 Å². The Morgan fingerprint density at radius 2 is 0.789 bits per heavy atom. The standard InChI is InChI=1S/C30H18O8/c31-27(29(33)21-7-9-23-25(13-21)37-15-35-23)19-5-1-3-17(11-19)18-4-2-6-20(12-18)28(32)30(34)22-8-10-24-26(14-22)38-16-36-24/h1-14H,15-16H2. The van der Waals surface area contributed by atoms with Crippen molar-refractivity contribution in [3.05, 3.63) is 107 Å². The lowest BCUT2D eigenvalue weighted by molar-refractivity contribution is 0.0816. The Labute approximate surface area is 216 Å². The van der Waals surface area contributed by atoms with Gasteiger partial charge in [-0.15, -0.1) is 0 Å². The highest BCUT2D eigenvalue weighted by Gasteiger charge is 2.24. The van der Waals surface area contributed by atoms with Gasteiger partial charge in [0, 0.05) is 22.3 Å². The van der Waals surface area contributed by atoms with Gasteiger partial charge < -0.3 is 18.9 Å². The molecule has 0 unspecified atom stereocenters. The van der Waals surface area contributed by atoms with Crippen molar-refractivity contribution in [2.75, 3.05) is 13.6 Å². The van der Waals surface area contributed by atoms with Crippen molar-refractivity contribution in [2.24, 2.45) is 0 Å². The fourth-order valence-electron chi connectivity index (χ4n) is 4.28. The number of benzene rings is 4. The Morgan fingerprint density at radius 1 is 0.421 bits per heavy atom. The predicted octanol–water partition coefficient (Wildman–Crippen LogP) is 4.94. The Morgan fingerprint density at radius 3 is 1.21 bits per heavy atom. The second-order valence-electron chi connectivity index (χ2n) is 8.61. The summed E-state index contributed by atoms with van der Waals surface area (Å²) in [6, 6.07) is 22.3. The second kappa shape index (κ2) is 9.33. The zero-order valence-corrected chi connectivity index (χ0v) is 19.8. The Kier molecular flexibility index (Phi) is 5.69. The minimum atomic E-state index is -0.684. The van der Waals surface area contributed by atoms with Gasteiger partial charge in [-0.3, -0.25) is 19.2 Å². The molecule has 0 atom stereocenters. The Bertz CT molecular complexity index is 1530. The summed E-state index contributed by atoms with van der Waals surface area (Å²) in [6.45, 7) is 0.125. The molecule has 0 aromatic heterocycles. The molecule has 8 nitrogen and oxygen atoms in total. The van der Waals surface area contributed by atoms with Gasteiger partial charge in [0.05, 0.1) is 0 Å². The quantitative estimate of drug-likeness (QED) is 0.256. The number of hydrogen-bond acceptors (Lipinski definition) is 8. The molecular formula is C30H18O8. The van der Waals surface area contributed by atoms with E-state index in [-0.39, 0.29) is 35.8 Å². The van der Waals surface area contributed by atoms with E-state index in [0.717, 1.165) is 0 Å². The van der Waals surface area contributed by atoms with E-state index >= 15 is 0 Å². The highest BCUT2D eigenvalue weighted by atomic mass is 16.7. The number of carbonyl (C=O) groups excluding carboxylic acids is 4. The van der Waals surface area contributed by atoms with Gasteiger partial charge in [-0.25, -0.2) is 0 Å². The zero-order valence-electron chi connectivity index (χ0n) is 19.8. The molecule has 0 saturated heterocycles. The van der Waals surface area contributed by atoms with Gasteiger partial charge in [0.15, 0.2) is 23.0 Å². The molecule has 2 heterocycles. The van der Waals surface area contributed by atoms with Gasteiger partial charge in [0.1, 0.15) is 0 Å². The summed E-state index contributed by atoms with van der Waals surface area (Å²) in [7, 11) is 0. The van der Waals surface area contributed by atoms with E-state index in [0.29, 0.717) is 34.1 Å². The molecule has 0 spiro atoms. The van der Waals surface area contributed by atoms with E-state index < -0.39 is 23.1 Å². The van der Waals surface area contributed by atoms with Crippen LogP contribution >= 0.6 is 0 Å². The van der Waals surface area contributed by atoms with E-state index in [1.54, 1.807) is 60.7 Å². The fraction of sp³-hybridized carbons (Fsp3) is 0.0667. The lowest BCUT2D eigenvalue weighted by Gasteiger charge is -2.08. The van der Waals surface area contributed by atoms with Crippen molar-refractivity contribution in [3.63, 3.8) is 0 Å². The highest BCUT2D eigenvalue weighted by Crippen LogP contribution is 2.34. The number of rotatable bonds is 7. The molecule has 4 aromatic rings. The summed E-state index contributed by atoms with van der Waals surface area (Å²) in [5.74, 6) is -0.877. The van der Waals surface area contributed by atoms with Crippen LogP contribution in [0.5, 0.6) is 23.0 Å². The topological polar surface area (TPSA) is 105 Å². The molecule has 4 aromatic carbocycles. The van der Waals surface area contributed by atoms with Gasteiger partial charge in [-0.2, -0.15) is 0 Å². The molecule has 8 heteroatoms. The average molecular weight is 506 g/mol. The normalized spacial score (nSPS) is 12.7. The van der Waals surface area contributed by atoms with Crippen LogP contribution in [-0.2, 0) is 0 Å². The molecule has 2 aliphatic heterocycles. The smallest absolute Gasteiger partial charge is 0.233 e. The number of Topliss-reactive ketones (excluding diaryl/α,β-unsaturated/α-hetero) is 4. The van der Waals surface area contributed by atoms with Crippen molar-refractivity contribution in [1.82, 2.24) is 0 Å². The van der Waals surface area contributed by atoms with E-state index in [1.807, 2.05) is 0 Å². The maximum Gasteiger partial charge on any atom is 0.233 e. The van der Waals surface area contributed by atoms with Crippen LogP contribution < -0.4 is 18.9 Å². The van der Waals surface area contributed by atoms with Crippen LogP contribution in [0, 0.1) is 0 Å². The third-order valence-electron chi connectivity index (χ3n) is 6.26. The zero-order chi connectivity index (χ0) is 26.2. The maximum atomic E-state index is 13.0. The van der Waals surface area contributed by atoms with E-state index in [2.05, 4.69) is 0 Å². The Hall–Kier alpha value is -5.24. The van der Waals surface area contributed by atoms with Crippen molar-refractivity contribution in [3.8, 4) is 34.1 Å². The number of hydrogen-bond donors (Lipinski definition) is 0. The molecule has 38 heavy (non-hydrogen) atoms. The first-order chi connectivity index (χ1) is 18.5. The summed E-state index contributed by atoms with van der Waals surface area (Å²) in [6.07, 6.45) is 0. The van der Waals surface area contributed by atoms with Crippen LogP contribution in [0.15, 0.2) is 84.9 Å². The van der Waals surface area contributed by atoms with Crippen molar-refractivity contribution < 1.29 is 38.1 Å². The van der Waals surface area contributed by atoms with Crippen LogP contribution in [0.4, 0.5) is 0 Å². The van der Waals surface area contributed by atoms with Gasteiger partial charge in [-0.05, 0) is 59.7 Å². The number of ether oxygens (including phenoxy) is 4. The molecule has 0 bridgehead atoms. The summed E-state index contributed by atoms with van der Waals surface area (Å²) in [4.78, 5) is 51.7. The average Bonchev–Trinajstić information content (AvgIpc) is 3.64. The number of ketones is 4. The molecule has 0 radical (unpaired) electrons. The fourth-order valence-corrected chi connectivity index (χ4v) is 4.28. The van der Waals surface area contributed by atoms with Gasteiger partial charge in [0.25, 0.3) is 0 Å². The monoisotopic (exact) mass is 506 g/mol. The molecule has 0 N–H and O–H groups in total. The van der Waals surface area contributed by atoms with Gasteiger partial charge >= 0.3 is 0 Å². The molecular weight excluding hydrogens is 488 g/mol. The van der Waals surface area contributed by atoms with Crippen LogP contribution in [0.3, 0.4) is 0 Å². The maximum absolute atomic E-state index is 13.0. The summed E-state index contributed by atoms with van der Waals surface area (Å²) >= 11 is 0. The largest absolute Gasteiger partial charge is 0.454 e. The predicted molar refractivity (Wildman–Crippen MR) is 134 cm³/mol. The van der Waals surface area contributed by atoms with Crippen LogP contribution in [-0.4, -0.2) is 36.7 Å². The lowest BCUT2D eigenvalue weighted by Crippen LogP contribution is -2.15. The first-order valence-electron chi connectivity index (χ1n) is 11.7. The van der Waals surface area contributed by atoms with Gasteiger partial charge in [0.2, 0.25) is 36.7 Å². The van der Waals surface area contributed by atoms with E-state index in [1.165, 1.54) is 24.3 Å². The molecule has 2 aliphatic rings. The Balaban J connectivity index is 1.24. The minimum absolute atomic E-state index is 0.0623. The molecule has 0 amide bonds. The summed E-state index contributed by atoms with van der Waals surface area (Å²) in [5.41, 5.74) is 1.99. The SMILES string of the molecule is O=C(C(=O)c1ccc2c(c1)OCO2)c1cccc(-c2cccc(C(=O)C(=O)c3ccc4c(c3)OCO4)c2)c1. The first kappa shape index (κ1) is 23.2. The molecule has 0 saturated carbocycles. The van der Waals surface area contributed by atoms with Crippen molar-refractivity contribution in [1.29, 1.82) is 0 Å². The third kappa shape index (κ3) is 4.18. The van der Waals surface area contributed by atoms with E-state index in [9.17, 15) is 19.2 Å². The molecule has 0 fully saturated rings. The van der Waals surface area contributed by atoms with Crippen LogP contribution in [0.1, 0.15) is 41.4 Å². The number of carbonyl (C=O) groups is 4. The third-order valence-corrected chi connectivity index (χ3v) is 6.26. The molecule has 6 rings (SSSR count). The van der Waals surface area contributed by atoms with Crippen LogP contribution in [0.2, 0.25) is 0 Å². The molecule has 186 valence electrons. The second-order valence-corrected chi connectivity index (χ2v) is 8.61. The first-order valence-corrected chi connectivity index (χ1v) is 11.7. The van der Waals surface area contributed by atoms with Crippen LogP contribution in [0.25, 0.3) is 11.1 Å². The summed E-state index contributed by atoms with van der Waals surface area (Å²) in [5, 5.41) is 0. The van der Waals surface area contributed by atoms with Crippen molar-refractivity contribution in [2.45, 2.75) is 0 Å². The van der Waals surface area contributed by atoms with Gasteiger partial charge in [-0.1, -0.05) is 36.4 Å².